The molecule has 0 bridgehead atoms. The molecule has 4 aromatic rings. The number of halogens is 1. The van der Waals surface area contributed by atoms with Gasteiger partial charge in [-0.15, -0.1) is 0 Å². The maximum absolute atomic E-state index is 14.7. The highest BCUT2D eigenvalue weighted by molar-refractivity contribution is 7.08. The van der Waals surface area contributed by atoms with Gasteiger partial charge < -0.3 is 0 Å². The van der Waals surface area contributed by atoms with Crippen LogP contribution in [-0.4, -0.2) is 11.0 Å². The number of hydrogen-bond donors (Lipinski definition) is 1. The lowest BCUT2D eigenvalue weighted by atomic mass is 10.0. The lowest BCUT2D eigenvalue weighted by Gasteiger charge is -2.16. The molecule has 1 N–H and O–H groups in total. The van der Waals surface area contributed by atoms with Crippen molar-refractivity contribution >= 4 is 17.2 Å². The monoisotopic (exact) mass is 386 g/mol. The van der Waals surface area contributed by atoms with Gasteiger partial charge >= 0.3 is 0 Å². The van der Waals surface area contributed by atoms with E-state index in [4.69, 9.17) is 5.41 Å². The average Bonchev–Trinajstić information content (AvgIpc) is 3.29. The fraction of sp³-hybridized carbons (Fsp3) is 0.0417. The van der Waals surface area contributed by atoms with E-state index in [2.05, 4.69) is 5.38 Å². The molecule has 0 atom stereocenters. The molecule has 28 heavy (non-hydrogen) atoms. The predicted octanol–water partition coefficient (Wildman–Crippen LogP) is 6.79. The first-order valence-electron chi connectivity index (χ1n) is 9.00. The van der Waals surface area contributed by atoms with Crippen molar-refractivity contribution < 1.29 is 4.48 Å². The van der Waals surface area contributed by atoms with E-state index in [1.807, 2.05) is 78.2 Å². The molecule has 138 valence electrons. The number of benzene rings is 3. The minimum Gasteiger partial charge on any atom is -0.282 e. The molecule has 0 fully saturated rings. The highest BCUT2D eigenvalue weighted by atomic mass is 32.1. The summed E-state index contributed by atoms with van der Waals surface area (Å²) in [6.45, 7) is 0.0389. The summed E-state index contributed by atoms with van der Waals surface area (Å²) in [5.74, 6) is -0.138. The zero-order valence-electron chi connectivity index (χ0n) is 15.2. The van der Waals surface area contributed by atoms with Gasteiger partial charge in [0.25, 0.3) is 0 Å². The van der Waals surface area contributed by atoms with Crippen LogP contribution in [-0.2, 0) is 6.54 Å². The van der Waals surface area contributed by atoms with Gasteiger partial charge in [-0.05, 0) is 50.7 Å². The van der Waals surface area contributed by atoms with Crippen LogP contribution in [0.1, 0.15) is 11.1 Å². The number of thiophene rings is 1. The van der Waals surface area contributed by atoms with Gasteiger partial charge in [-0.3, -0.25) is 5.41 Å². The highest BCUT2D eigenvalue weighted by Gasteiger charge is 2.13. The van der Waals surface area contributed by atoms with Gasteiger partial charge in [-0.25, -0.2) is 0 Å². The Hall–Kier alpha value is -3.24. The minimum absolute atomic E-state index is 0.0389. The largest absolute Gasteiger partial charge is 0.282 e. The molecule has 0 aliphatic heterocycles. The zero-order chi connectivity index (χ0) is 19.3. The van der Waals surface area contributed by atoms with Crippen LogP contribution in [0.2, 0.25) is 0 Å². The van der Waals surface area contributed by atoms with Gasteiger partial charge in [0.1, 0.15) is 0 Å². The van der Waals surface area contributed by atoms with Crippen LogP contribution in [0.5, 0.6) is 0 Å². The molecule has 0 radical (unpaired) electrons. The third-order valence-corrected chi connectivity index (χ3v) is 5.29. The van der Waals surface area contributed by atoms with E-state index in [9.17, 15) is 4.48 Å². The lowest BCUT2D eigenvalue weighted by Crippen LogP contribution is -2.22. The van der Waals surface area contributed by atoms with Crippen molar-refractivity contribution in [1.82, 2.24) is 5.12 Å². The van der Waals surface area contributed by atoms with Crippen LogP contribution in [0.3, 0.4) is 0 Å². The van der Waals surface area contributed by atoms with Gasteiger partial charge in [0.05, 0.1) is 6.54 Å². The van der Waals surface area contributed by atoms with Crippen LogP contribution in [0.15, 0.2) is 95.7 Å². The highest BCUT2D eigenvalue weighted by Crippen LogP contribution is 2.24. The standard InChI is InChI=1S/C24H19FN2S/c25-27(16-18-5-4-8-22(15-18)23-13-14-28-17-23)24(26)21-11-9-20(10-12-21)19-6-2-1-3-7-19/h1-15,17,26H,16H2. The van der Waals surface area contributed by atoms with Crippen LogP contribution < -0.4 is 0 Å². The molecule has 0 spiro atoms. The lowest BCUT2D eigenvalue weighted by molar-refractivity contribution is 0.111. The molecule has 0 aliphatic carbocycles. The second-order valence-electron chi connectivity index (χ2n) is 6.52. The number of hydrogen-bond acceptors (Lipinski definition) is 2. The quantitative estimate of drug-likeness (QED) is 0.228. The fourth-order valence-corrected chi connectivity index (χ4v) is 3.77. The minimum atomic E-state index is -0.138. The maximum atomic E-state index is 14.7. The first kappa shape index (κ1) is 18.1. The summed E-state index contributed by atoms with van der Waals surface area (Å²) in [4.78, 5) is 0. The average molecular weight is 386 g/mol. The van der Waals surface area contributed by atoms with Crippen LogP contribution in [0, 0.1) is 5.41 Å². The molecule has 3 aromatic carbocycles. The van der Waals surface area contributed by atoms with Crippen molar-refractivity contribution in [3.8, 4) is 22.3 Å². The summed E-state index contributed by atoms with van der Waals surface area (Å²) in [5.41, 5.74) is 5.72. The summed E-state index contributed by atoms with van der Waals surface area (Å²) in [5, 5.41) is 12.8. The molecule has 2 nitrogen and oxygen atoms in total. The molecule has 0 aliphatic rings. The second kappa shape index (κ2) is 8.19. The van der Waals surface area contributed by atoms with Gasteiger partial charge in [-0.1, -0.05) is 77.3 Å². The third kappa shape index (κ3) is 4.02. The Morgan fingerprint density at radius 1 is 0.786 bits per heavy atom. The molecule has 4 heteroatoms. The molecule has 0 amide bonds. The molecule has 1 aromatic heterocycles. The second-order valence-corrected chi connectivity index (χ2v) is 7.30. The zero-order valence-corrected chi connectivity index (χ0v) is 16.0. The fourth-order valence-electron chi connectivity index (χ4n) is 3.11. The van der Waals surface area contributed by atoms with E-state index in [0.29, 0.717) is 10.7 Å². The van der Waals surface area contributed by atoms with Gasteiger partial charge in [0.2, 0.25) is 0 Å². The van der Waals surface area contributed by atoms with E-state index in [0.717, 1.165) is 27.8 Å². The topological polar surface area (TPSA) is 27.1 Å². The van der Waals surface area contributed by atoms with E-state index >= 15 is 0 Å². The number of rotatable bonds is 5. The van der Waals surface area contributed by atoms with E-state index in [1.165, 1.54) is 0 Å². The van der Waals surface area contributed by atoms with Crippen molar-refractivity contribution in [2.45, 2.75) is 6.54 Å². The molecular formula is C24H19FN2S. The predicted molar refractivity (Wildman–Crippen MR) is 115 cm³/mol. The van der Waals surface area contributed by atoms with Crippen molar-refractivity contribution in [2.24, 2.45) is 0 Å². The number of nitrogens with zero attached hydrogens (tertiary/aromatic N) is 1. The summed E-state index contributed by atoms with van der Waals surface area (Å²) in [6, 6.07) is 27.3. The summed E-state index contributed by atoms with van der Waals surface area (Å²) in [6.07, 6.45) is 0. The molecular weight excluding hydrogens is 367 g/mol. The van der Waals surface area contributed by atoms with E-state index in [1.54, 1.807) is 23.5 Å². The van der Waals surface area contributed by atoms with Crippen LogP contribution >= 0.6 is 11.3 Å². The first-order chi connectivity index (χ1) is 13.7. The Balaban J connectivity index is 1.47. The summed E-state index contributed by atoms with van der Waals surface area (Å²) in [7, 11) is 0. The van der Waals surface area contributed by atoms with Gasteiger partial charge in [0.15, 0.2) is 5.84 Å². The van der Waals surface area contributed by atoms with Gasteiger partial charge in [0, 0.05) is 5.56 Å². The van der Waals surface area contributed by atoms with E-state index < -0.39 is 0 Å². The Bertz CT molecular complexity index is 1060. The number of nitrogens with one attached hydrogen (secondary N) is 1. The Kier molecular flexibility index (Phi) is 5.31. The van der Waals surface area contributed by atoms with Crippen LogP contribution in [0.25, 0.3) is 22.3 Å². The first-order valence-corrected chi connectivity index (χ1v) is 9.94. The Labute approximate surface area is 168 Å². The van der Waals surface area contributed by atoms with Crippen molar-refractivity contribution in [1.29, 1.82) is 5.41 Å². The Morgan fingerprint density at radius 3 is 2.21 bits per heavy atom. The molecule has 0 saturated carbocycles. The molecule has 1 heterocycles. The van der Waals surface area contributed by atoms with Crippen molar-refractivity contribution in [3.63, 3.8) is 0 Å². The number of amidine groups is 1. The summed E-state index contributed by atoms with van der Waals surface area (Å²) >= 11 is 1.64. The van der Waals surface area contributed by atoms with Gasteiger partial charge in [-0.2, -0.15) is 16.5 Å². The normalized spacial score (nSPS) is 10.6. The SMILES string of the molecule is N=C(c1ccc(-c2ccccc2)cc1)N(F)Cc1cccc(-c2ccsc2)c1. The molecule has 0 unspecified atom stereocenters. The van der Waals surface area contributed by atoms with Crippen LogP contribution in [0.4, 0.5) is 4.48 Å². The maximum Gasteiger partial charge on any atom is 0.157 e. The van der Waals surface area contributed by atoms with Crippen molar-refractivity contribution in [3.05, 3.63) is 107 Å². The Morgan fingerprint density at radius 2 is 1.50 bits per heavy atom. The molecule has 0 saturated heterocycles. The molecule has 4 rings (SSSR count). The third-order valence-electron chi connectivity index (χ3n) is 4.61. The van der Waals surface area contributed by atoms with Crippen molar-refractivity contribution in [2.75, 3.05) is 0 Å². The summed E-state index contributed by atoms with van der Waals surface area (Å²) < 4.78 is 14.7. The van der Waals surface area contributed by atoms with E-state index in [-0.39, 0.29) is 12.4 Å². The smallest absolute Gasteiger partial charge is 0.157 e.